The van der Waals surface area contributed by atoms with Crippen molar-refractivity contribution >= 4 is 12.1 Å². The Morgan fingerprint density at radius 3 is 2.32 bits per heavy atom. The summed E-state index contributed by atoms with van der Waals surface area (Å²) >= 11 is 0. The van der Waals surface area contributed by atoms with Crippen molar-refractivity contribution in [2.45, 2.75) is 6.92 Å². The molecule has 3 rings (SSSR count). The third-order valence-electron chi connectivity index (χ3n) is 4.35. The zero-order valence-electron chi connectivity index (χ0n) is 17.8. The van der Waals surface area contributed by atoms with Crippen LogP contribution in [-0.2, 0) is 0 Å². The summed E-state index contributed by atoms with van der Waals surface area (Å²) < 4.78 is 21.3. The standard InChI is InChI=1S/C22H24N4O5/c1-5-31-16-8-6-15(7-9-16)17-12-18(25-24-17)22(27)26-23-13-14-10-19(28-2)21(30-4)20(11-14)29-3/h6-13H,5H2,1-4H3,(H,24,25)(H,26,27)/b23-13+. The minimum atomic E-state index is -0.423. The minimum Gasteiger partial charge on any atom is -0.494 e. The molecule has 2 aromatic carbocycles. The Labute approximate surface area is 180 Å². The largest absolute Gasteiger partial charge is 0.494 e. The Kier molecular flexibility index (Phi) is 7.10. The second kappa shape index (κ2) is 10.1. The van der Waals surface area contributed by atoms with Crippen LogP contribution in [0.2, 0.25) is 0 Å². The number of aromatic nitrogens is 2. The highest BCUT2D eigenvalue weighted by atomic mass is 16.5. The first-order valence-electron chi connectivity index (χ1n) is 9.51. The van der Waals surface area contributed by atoms with Gasteiger partial charge < -0.3 is 18.9 Å². The first kappa shape index (κ1) is 21.7. The molecule has 0 saturated carbocycles. The van der Waals surface area contributed by atoms with E-state index in [-0.39, 0.29) is 5.69 Å². The molecule has 1 aromatic heterocycles. The summed E-state index contributed by atoms with van der Waals surface area (Å²) in [5.74, 6) is 1.81. The number of methoxy groups -OCH3 is 3. The van der Waals surface area contributed by atoms with Gasteiger partial charge in [0.1, 0.15) is 11.4 Å². The number of nitrogens with zero attached hydrogens (tertiary/aromatic N) is 2. The maximum atomic E-state index is 12.4. The van der Waals surface area contributed by atoms with Gasteiger partial charge in [0.25, 0.3) is 5.91 Å². The van der Waals surface area contributed by atoms with Crippen molar-refractivity contribution in [1.29, 1.82) is 0 Å². The van der Waals surface area contributed by atoms with E-state index in [1.807, 2.05) is 31.2 Å². The lowest BCUT2D eigenvalue weighted by Gasteiger charge is -2.12. The Balaban J connectivity index is 1.68. The van der Waals surface area contributed by atoms with Crippen molar-refractivity contribution in [3.8, 4) is 34.3 Å². The second-order valence-corrected chi connectivity index (χ2v) is 6.28. The summed E-state index contributed by atoms with van der Waals surface area (Å²) in [6.07, 6.45) is 1.48. The van der Waals surface area contributed by atoms with Crippen molar-refractivity contribution < 1.29 is 23.7 Å². The molecule has 0 radical (unpaired) electrons. The summed E-state index contributed by atoms with van der Waals surface area (Å²) in [6.45, 7) is 2.53. The van der Waals surface area contributed by atoms with Crippen LogP contribution in [0.25, 0.3) is 11.3 Å². The van der Waals surface area contributed by atoms with Crippen LogP contribution >= 0.6 is 0 Å². The number of ether oxygens (including phenoxy) is 4. The Bertz CT molecular complexity index is 1040. The molecule has 0 spiro atoms. The van der Waals surface area contributed by atoms with Gasteiger partial charge in [-0.05, 0) is 49.4 Å². The van der Waals surface area contributed by atoms with E-state index in [0.29, 0.717) is 35.1 Å². The molecule has 31 heavy (non-hydrogen) atoms. The second-order valence-electron chi connectivity index (χ2n) is 6.28. The van der Waals surface area contributed by atoms with Crippen LogP contribution in [-0.4, -0.2) is 50.3 Å². The van der Waals surface area contributed by atoms with E-state index in [9.17, 15) is 4.79 Å². The van der Waals surface area contributed by atoms with Crippen LogP contribution in [0.3, 0.4) is 0 Å². The number of rotatable bonds is 9. The van der Waals surface area contributed by atoms with Crippen molar-refractivity contribution in [3.05, 3.63) is 53.7 Å². The Morgan fingerprint density at radius 2 is 1.74 bits per heavy atom. The molecule has 0 bridgehead atoms. The fourth-order valence-electron chi connectivity index (χ4n) is 2.88. The fraction of sp³-hybridized carbons (Fsp3) is 0.227. The lowest BCUT2D eigenvalue weighted by atomic mass is 10.1. The van der Waals surface area contributed by atoms with Crippen LogP contribution in [0.1, 0.15) is 23.0 Å². The summed E-state index contributed by atoms with van der Waals surface area (Å²) in [7, 11) is 4.58. The molecule has 1 amide bonds. The topological polar surface area (TPSA) is 107 Å². The third kappa shape index (κ3) is 5.13. The van der Waals surface area contributed by atoms with Gasteiger partial charge in [-0.2, -0.15) is 10.2 Å². The number of hydrogen-bond donors (Lipinski definition) is 2. The molecule has 9 nitrogen and oxygen atoms in total. The number of amides is 1. The third-order valence-corrected chi connectivity index (χ3v) is 4.35. The predicted octanol–water partition coefficient (Wildman–Crippen LogP) is 3.27. The van der Waals surface area contributed by atoms with E-state index in [1.165, 1.54) is 27.5 Å². The maximum Gasteiger partial charge on any atom is 0.289 e. The van der Waals surface area contributed by atoms with Crippen molar-refractivity contribution in [2.24, 2.45) is 5.10 Å². The molecule has 1 heterocycles. The highest BCUT2D eigenvalue weighted by Crippen LogP contribution is 2.37. The zero-order valence-corrected chi connectivity index (χ0v) is 17.8. The molecule has 2 N–H and O–H groups in total. The number of carbonyl (C=O) groups is 1. The van der Waals surface area contributed by atoms with E-state index in [0.717, 1.165) is 11.3 Å². The number of aromatic amines is 1. The average Bonchev–Trinajstić information content (AvgIpc) is 3.29. The molecule has 0 unspecified atom stereocenters. The normalized spacial score (nSPS) is 10.7. The lowest BCUT2D eigenvalue weighted by molar-refractivity contribution is 0.0950. The van der Waals surface area contributed by atoms with Gasteiger partial charge in [-0.25, -0.2) is 5.43 Å². The van der Waals surface area contributed by atoms with Crippen molar-refractivity contribution in [1.82, 2.24) is 15.6 Å². The van der Waals surface area contributed by atoms with Crippen LogP contribution < -0.4 is 24.4 Å². The molecule has 3 aromatic rings. The zero-order chi connectivity index (χ0) is 22.2. The number of carbonyl (C=O) groups excluding carboxylic acids is 1. The Hall–Kier alpha value is -4.01. The fourth-order valence-corrected chi connectivity index (χ4v) is 2.88. The van der Waals surface area contributed by atoms with Gasteiger partial charge in [-0.3, -0.25) is 9.89 Å². The summed E-state index contributed by atoms with van der Waals surface area (Å²) in [5, 5.41) is 10.9. The van der Waals surface area contributed by atoms with Gasteiger partial charge in [-0.15, -0.1) is 0 Å². The predicted molar refractivity (Wildman–Crippen MR) is 116 cm³/mol. The van der Waals surface area contributed by atoms with E-state index in [1.54, 1.807) is 18.2 Å². The van der Waals surface area contributed by atoms with E-state index >= 15 is 0 Å². The van der Waals surface area contributed by atoms with E-state index in [4.69, 9.17) is 18.9 Å². The van der Waals surface area contributed by atoms with Crippen LogP contribution in [0.5, 0.6) is 23.0 Å². The van der Waals surface area contributed by atoms with E-state index < -0.39 is 5.91 Å². The highest BCUT2D eigenvalue weighted by Gasteiger charge is 2.13. The summed E-state index contributed by atoms with van der Waals surface area (Å²) in [6, 6.07) is 12.6. The van der Waals surface area contributed by atoms with Crippen LogP contribution in [0.4, 0.5) is 0 Å². The highest BCUT2D eigenvalue weighted by molar-refractivity contribution is 5.94. The molecule has 0 atom stereocenters. The number of hydrogen-bond acceptors (Lipinski definition) is 7. The first-order chi connectivity index (χ1) is 15.1. The van der Waals surface area contributed by atoms with Gasteiger partial charge in [0.05, 0.1) is 39.8 Å². The molecule has 0 aliphatic heterocycles. The van der Waals surface area contributed by atoms with Crippen molar-refractivity contribution in [3.63, 3.8) is 0 Å². The van der Waals surface area contributed by atoms with Gasteiger partial charge in [0.15, 0.2) is 11.5 Å². The monoisotopic (exact) mass is 424 g/mol. The molecule has 0 fully saturated rings. The molecule has 0 saturated heterocycles. The SMILES string of the molecule is CCOc1ccc(-c2cc(C(=O)N/N=C/c3cc(OC)c(OC)c(OC)c3)[nH]n2)cc1. The quantitative estimate of drug-likeness (QED) is 0.403. The van der Waals surface area contributed by atoms with Gasteiger partial charge in [-0.1, -0.05) is 0 Å². The molecule has 0 aliphatic rings. The molecule has 9 heteroatoms. The number of H-pyrrole nitrogens is 1. The molecule has 162 valence electrons. The van der Waals surface area contributed by atoms with Crippen molar-refractivity contribution in [2.75, 3.05) is 27.9 Å². The van der Waals surface area contributed by atoms with Gasteiger partial charge >= 0.3 is 0 Å². The average molecular weight is 424 g/mol. The summed E-state index contributed by atoms with van der Waals surface area (Å²) in [5.41, 5.74) is 4.91. The molecule has 0 aliphatic carbocycles. The maximum absolute atomic E-state index is 12.4. The summed E-state index contributed by atoms with van der Waals surface area (Å²) in [4.78, 5) is 12.4. The molecular formula is C22H24N4O5. The Morgan fingerprint density at radius 1 is 1.06 bits per heavy atom. The molecular weight excluding hydrogens is 400 g/mol. The smallest absolute Gasteiger partial charge is 0.289 e. The van der Waals surface area contributed by atoms with Gasteiger partial charge in [0.2, 0.25) is 5.75 Å². The first-order valence-corrected chi connectivity index (χ1v) is 9.51. The number of hydrazone groups is 1. The minimum absolute atomic E-state index is 0.283. The number of nitrogens with one attached hydrogen (secondary N) is 2. The van der Waals surface area contributed by atoms with E-state index in [2.05, 4.69) is 20.7 Å². The number of benzene rings is 2. The van der Waals surface area contributed by atoms with Crippen LogP contribution in [0.15, 0.2) is 47.6 Å². The van der Waals surface area contributed by atoms with Gasteiger partial charge in [0, 0.05) is 11.1 Å². The lowest BCUT2D eigenvalue weighted by Crippen LogP contribution is -2.18. The van der Waals surface area contributed by atoms with Crippen LogP contribution in [0, 0.1) is 0 Å².